The third-order valence-electron chi connectivity index (χ3n) is 5.45. The Hall–Kier alpha value is -2.71. The second-order valence-corrected chi connectivity index (χ2v) is 9.75. The van der Waals surface area contributed by atoms with Crippen LogP contribution < -0.4 is 5.32 Å². The van der Waals surface area contributed by atoms with Crippen molar-refractivity contribution in [1.29, 1.82) is 0 Å². The number of amides is 1. The van der Waals surface area contributed by atoms with Crippen molar-refractivity contribution in [3.63, 3.8) is 0 Å². The van der Waals surface area contributed by atoms with Crippen LogP contribution in [0.1, 0.15) is 32.3 Å². The number of anilines is 1. The monoisotopic (exact) mass is 444 g/mol. The molecule has 0 aromatic heterocycles. The molecule has 1 heterocycles. The number of ether oxygens (including phenoxy) is 1. The maximum atomic E-state index is 13.3. The van der Waals surface area contributed by atoms with Crippen molar-refractivity contribution in [2.45, 2.75) is 38.0 Å². The molecule has 1 saturated heterocycles. The third kappa shape index (κ3) is 5.32. The Labute approximate surface area is 183 Å². The summed E-state index contributed by atoms with van der Waals surface area (Å²) in [6.45, 7) is 3.79. The molecule has 0 aliphatic carbocycles. The first kappa shape index (κ1) is 23.0. The number of rotatable bonds is 7. The van der Waals surface area contributed by atoms with E-state index in [1.54, 1.807) is 19.1 Å². The fraction of sp³-hybridized carbons (Fsp3) is 0.391. The Morgan fingerprint density at radius 1 is 1.10 bits per heavy atom. The van der Waals surface area contributed by atoms with Crippen LogP contribution in [0.15, 0.2) is 59.5 Å². The van der Waals surface area contributed by atoms with Crippen molar-refractivity contribution >= 4 is 27.6 Å². The highest BCUT2D eigenvalue weighted by atomic mass is 32.2. The molecular weight excluding hydrogens is 416 g/mol. The average molecular weight is 445 g/mol. The zero-order valence-corrected chi connectivity index (χ0v) is 18.7. The second-order valence-electron chi connectivity index (χ2n) is 7.81. The fourth-order valence-electron chi connectivity index (χ4n) is 4.01. The van der Waals surface area contributed by atoms with Gasteiger partial charge in [-0.2, -0.15) is 4.31 Å². The molecule has 8 heteroatoms. The van der Waals surface area contributed by atoms with Crippen LogP contribution >= 0.6 is 0 Å². The fourth-order valence-corrected chi connectivity index (χ4v) is 5.58. The Morgan fingerprint density at radius 2 is 1.77 bits per heavy atom. The van der Waals surface area contributed by atoms with Crippen LogP contribution in [-0.4, -0.2) is 44.3 Å². The van der Waals surface area contributed by atoms with Gasteiger partial charge in [0.15, 0.2) is 0 Å². The number of carbonyl (C=O) groups excluding carboxylic acids is 2. The molecule has 31 heavy (non-hydrogen) atoms. The molecular formula is C23H28N2O5S. The summed E-state index contributed by atoms with van der Waals surface area (Å²) >= 11 is 0. The van der Waals surface area contributed by atoms with E-state index in [9.17, 15) is 18.0 Å². The molecule has 7 nitrogen and oxygen atoms in total. The summed E-state index contributed by atoms with van der Waals surface area (Å²) in [7, 11) is -3.81. The number of hydrogen-bond acceptors (Lipinski definition) is 5. The SMILES string of the molecule is CCOC(=O)C1(Cc2ccccc2)CCCN(S(=O)(=O)c2ccc(NC(C)=O)cc2)C1. The topological polar surface area (TPSA) is 92.8 Å². The zero-order valence-electron chi connectivity index (χ0n) is 17.8. The molecule has 1 unspecified atom stereocenters. The molecule has 1 N–H and O–H groups in total. The summed E-state index contributed by atoms with van der Waals surface area (Å²) in [6.07, 6.45) is 1.54. The smallest absolute Gasteiger partial charge is 0.313 e. The van der Waals surface area contributed by atoms with Gasteiger partial charge in [0, 0.05) is 25.7 Å². The van der Waals surface area contributed by atoms with E-state index in [1.165, 1.54) is 23.4 Å². The Bertz CT molecular complexity index is 1020. The largest absolute Gasteiger partial charge is 0.466 e. The van der Waals surface area contributed by atoms with E-state index in [4.69, 9.17) is 4.74 Å². The second kappa shape index (κ2) is 9.62. The molecule has 0 saturated carbocycles. The standard InChI is InChI=1S/C23H28N2O5S/c1-3-30-22(27)23(16-19-8-5-4-6-9-19)14-7-15-25(17-23)31(28,29)21-12-10-20(11-13-21)24-18(2)26/h4-6,8-13H,3,7,14-17H2,1-2H3,(H,24,26). The predicted octanol–water partition coefficient (Wildman–Crippen LogP) is 3.22. The lowest BCUT2D eigenvalue weighted by molar-refractivity contribution is -0.157. The van der Waals surface area contributed by atoms with E-state index in [1.807, 2.05) is 30.3 Å². The van der Waals surface area contributed by atoms with Gasteiger partial charge in [-0.05, 0) is 56.0 Å². The van der Waals surface area contributed by atoms with Crippen molar-refractivity contribution in [3.8, 4) is 0 Å². The maximum absolute atomic E-state index is 13.3. The molecule has 1 fully saturated rings. The third-order valence-corrected chi connectivity index (χ3v) is 7.31. The highest BCUT2D eigenvalue weighted by molar-refractivity contribution is 7.89. The first-order valence-corrected chi connectivity index (χ1v) is 11.8. The molecule has 3 rings (SSSR count). The van der Waals surface area contributed by atoms with Gasteiger partial charge in [-0.1, -0.05) is 30.3 Å². The summed E-state index contributed by atoms with van der Waals surface area (Å²) in [5.41, 5.74) is 0.559. The minimum Gasteiger partial charge on any atom is -0.466 e. The Balaban J connectivity index is 1.89. The molecule has 1 aliphatic rings. The summed E-state index contributed by atoms with van der Waals surface area (Å²) in [5.74, 6) is -0.591. The minimum absolute atomic E-state index is 0.0660. The van der Waals surface area contributed by atoms with E-state index < -0.39 is 15.4 Å². The van der Waals surface area contributed by atoms with Crippen LogP contribution in [0.25, 0.3) is 0 Å². The molecule has 2 aromatic rings. The van der Waals surface area contributed by atoms with E-state index >= 15 is 0 Å². The van der Waals surface area contributed by atoms with Crippen LogP contribution in [0.3, 0.4) is 0 Å². The number of nitrogens with zero attached hydrogens (tertiary/aromatic N) is 1. The summed E-state index contributed by atoms with van der Waals surface area (Å²) in [5, 5.41) is 2.62. The lowest BCUT2D eigenvalue weighted by Crippen LogP contribution is -2.51. The maximum Gasteiger partial charge on any atom is 0.313 e. The Kier molecular flexibility index (Phi) is 7.12. The minimum atomic E-state index is -3.81. The van der Waals surface area contributed by atoms with Crippen LogP contribution in [0.4, 0.5) is 5.69 Å². The number of nitrogens with one attached hydrogen (secondary N) is 1. The molecule has 1 amide bonds. The van der Waals surface area contributed by atoms with Gasteiger partial charge in [-0.25, -0.2) is 8.42 Å². The number of esters is 1. The van der Waals surface area contributed by atoms with Gasteiger partial charge in [0.1, 0.15) is 0 Å². The number of hydrogen-bond donors (Lipinski definition) is 1. The van der Waals surface area contributed by atoms with Crippen LogP contribution in [-0.2, 0) is 30.8 Å². The summed E-state index contributed by atoms with van der Waals surface area (Å²) in [4.78, 5) is 24.3. The van der Waals surface area contributed by atoms with Crippen LogP contribution in [0, 0.1) is 5.41 Å². The van der Waals surface area contributed by atoms with Crippen molar-refractivity contribution < 1.29 is 22.7 Å². The number of carbonyl (C=O) groups is 2. The van der Waals surface area contributed by atoms with E-state index in [-0.39, 0.29) is 29.9 Å². The molecule has 166 valence electrons. The van der Waals surface area contributed by atoms with Crippen molar-refractivity contribution in [3.05, 3.63) is 60.2 Å². The first-order chi connectivity index (χ1) is 14.8. The van der Waals surface area contributed by atoms with Gasteiger partial charge in [0.2, 0.25) is 15.9 Å². The molecule has 0 radical (unpaired) electrons. The molecule has 1 atom stereocenters. The highest BCUT2D eigenvalue weighted by Crippen LogP contribution is 2.37. The van der Waals surface area contributed by atoms with Gasteiger partial charge >= 0.3 is 5.97 Å². The highest BCUT2D eigenvalue weighted by Gasteiger charge is 2.46. The lowest BCUT2D eigenvalue weighted by Gasteiger charge is -2.40. The molecule has 1 aliphatic heterocycles. The van der Waals surface area contributed by atoms with E-state index in [0.717, 1.165) is 5.56 Å². The molecule has 2 aromatic carbocycles. The van der Waals surface area contributed by atoms with E-state index in [2.05, 4.69) is 5.32 Å². The van der Waals surface area contributed by atoms with Gasteiger partial charge in [0.25, 0.3) is 0 Å². The van der Waals surface area contributed by atoms with Crippen molar-refractivity contribution in [2.75, 3.05) is 25.0 Å². The number of sulfonamides is 1. The van der Waals surface area contributed by atoms with E-state index in [0.29, 0.717) is 31.5 Å². The van der Waals surface area contributed by atoms with Crippen molar-refractivity contribution in [2.24, 2.45) is 5.41 Å². The number of benzene rings is 2. The lowest BCUT2D eigenvalue weighted by atomic mass is 9.75. The zero-order chi connectivity index (χ0) is 22.5. The summed E-state index contributed by atoms with van der Waals surface area (Å²) < 4.78 is 33.4. The van der Waals surface area contributed by atoms with Crippen molar-refractivity contribution in [1.82, 2.24) is 4.31 Å². The predicted molar refractivity (Wildman–Crippen MR) is 118 cm³/mol. The van der Waals surface area contributed by atoms with Gasteiger partial charge in [0.05, 0.1) is 16.9 Å². The van der Waals surface area contributed by atoms with Gasteiger partial charge in [-0.15, -0.1) is 0 Å². The first-order valence-electron chi connectivity index (χ1n) is 10.4. The average Bonchev–Trinajstić information content (AvgIpc) is 2.75. The quantitative estimate of drug-likeness (QED) is 0.662. The molecule has 0 bridgehead atoms. The summed E-state index contributed by atoms with van der Waals surface area (Å²) in [6, 6.07) is 15.6. The van der Waals surface area contributed by atoms with Gasteiger partial charge < -0.3 is 10.1 Å². The van der Waals surface area contributed by atoms with Crippen LogP contribution in [0.2, 0.25) is 0 Å². The normalized spacial score (nSPS) is 19.5. The number of piperidine rings is 1. The Morgan fingerprint density at radius 3 is 2.39 bits per heavy atom. The van der Waals surface area contributed by atoms with Gasteiger partial charge in [-0.3, -0.25) is 9.59 Å². The van der Waals surface area contributed by atoms with Crippen LogP contribution in [0.5, 0.6) is 0 Å². The molecule has 0 spiro atoms.